The second-order valence-corrected chi connectivity index (χ2v) is 23.4. The molecule has 6 rings (SSSR count). The number of amidine groups is 1. The van der Waals surface area contributed by atoms with Crippen LogP contribution in [0.25, 0.3) is 16.7 Å². The van der Waals surface area contributed by atoms with E-state index in [9.17, 15) is 39.7 Å². The number of pyridine rings is 1. The Bertz CT molecular complexity index is 2940. The van der Waals surface area contributed by atoms with Gasteiger partial charge >= 0.3 is 11.8 Å². The van der Waals surface area contributed by atoms with E-state index in [1.807, 2.05) is 71.9 Å². The van der Waals surface area contributed by atoms with E-state index in [-0.39, 0.29) is 51.2 Å². The molecule has 17 nitrogen and oxygen atoms in total. The van der Waals surface area contributed by atoms with Crippen molar-refractivity contribution in [3.63, 3.8) is 0 Å². The first-order chi connectivity index (χ1) is 32.3. The highest BCUT2D eigenvalue weighted by Gasteiger charge is 2.44. The number of aryl methyl sites for hydroxylation is 1. The number of aromatic nitrogens is 1. The summed E-state index contributed by atoms with van der Waals surface area (Å²) in [5.74, 6) is 0.913. The van der Waals surface area contributed by atoms with Gasteiger partial charge < -0.3 is 19.5 Å². The second-order valence-electron chi connectivity index (χ2n) is 18.4. The van der Waals surface area contributed by atoms with Crippen LogP contribution in [0.15, 0.2) is 113 Å². The summed E-state index contributed by atoms with van der Waals surface area (Å²) in [6.07, 6.45) is 14.4. The third-order valence-electron chi connectivity index (χ3n) is 12.4. The summed E-state index contributed by atoms with van der Waals surface area (Å²) in [6, 6.07) is 16.8. The van der Waals surface area contributed by atoms with Gasteiger partial charge in [-0.25, -0.2) is 9.56 Å². The number of aliphatic carboxylic acids is 1. The lowest BCUT2D eigenvalue weighted by Crippen LogP contribution is -2.35. The summed E-state index contributed by atoms with van der Waals surface area (Å²) >= 11 is 0. The van der Waals surface area contributed by atoms with Gasteiger partial charge in [0.2, 0.25) is 0 Å². The van der Waals surface area contributed by atoms with E-state index >= 15 is 0 Å². The SMILES string of the molecule is CC(CCN1C=C(c2ccc(OCCCS(=O)(=O)O)cc2)C=C2C1=N/C(=C\C=C\C1=Nc3c(cc(-c4ccc(OCCCS(=O)(=O)O)cc4)c[n+]3CCCCCC(=O)O)C1(C)C)C2(C)C)S(=O)(=O)O. The number of carboxylic acid groups (broad SMARTS) is 1. The maximum Gasteiger partial charge on any atom is 0.327 e. The molecule has 0 saturated heterocycles. The Morgan fingerprint density at radius 1 is 0.783 bits per heavy atom. The number of carboxylic acids is 1. The van der Waals surface area contributed by atoms with Crippen molar-refractivity contribution in [1.29, 1.82) is 0 Å². The molecule has 0 radical (unpaired) electrons. The molecule has 4 heterocycles. The smallest absolute Gasteiger partial charge is 0.327 e. The van der Waals surface area contributed by atoms with E-state index in [2.05, 4.69) is 44.4 Å². The van der Waals surface area contributed by atoms with Crippen LogP contribution in [0.5, 0.6) is 11.5 Å². The zero-order valence-electron chi connectivity index (χ0n) is 39.4. The molecule has 1 unspecified atom stereocenters. The molecule has 3 aliphatic heterocycles. The minimum absolute atomic E-state index is 0.0983. The Kier molecular flexibility index (Phi) is 16.6. The molecule has 0 saturated carbocycles. The van der Waals surface area contributed by atoms with Gasteiger partial charge in [0.1, 0.15) is 17.3 Å². The van der Waals surface area contributed by atoms with Gasteiger partial charge in [-0.1, -0.05) is 44.2 Å². The maximum atomic E-state index is 12.0. The van der Waals surface area contributed by atoms with Gasteiger partial charge in [-0.2, -0.15) is 25.3 Å². The molecule has 372 valence electrons. The zero-order valence-corrected chi connectivity index (χ0v) is 41.9. The fourth-order valence-corrected chi connectivity index (χ4v) is 9.54. The molecule has 1 atom stereocenters. The Hall–Kier alpha value is -5.51. The predicted molar refractivity (Wildman–Crippen MR) is 265 cm³/mol. The van der Waals surface area contributed by atoms with Crippen LogP contribution in [0.1, 0.15) is 90.7 Å². The zero-order chi connectivity index (χ0) is 50.4. The minimum Gasteiger partial charge on any atom is -0.494 e. The van der Waals surface area contributed by atoms with Gasteiger partial charge in [0, 0.05) is 35.7 Å². The molecular weight excluding hydrogens is 949 g/mol. The average Bonchev–Trinajstić information content (AvgIpc) is 3.68. The number of benzene rings is 2. The molecular formula is C49H61N4O13S3+. The highest BCUT2D eigenvalue weighted by atomic mass is 32.2. The number of hydrogen-bond acceptors (Lipinski definition) is 12. The van der Waals surface area contributed by atoms with Gasteiger partial charge in [-0.05, 0) is 130 Å². The normalized spacial score (nSPS) is 17.5. The number of hydrogen-bond donors (Lipinski definition) is 4. The molecule has 3 aliphatic rings. The maximum absolute atomic E-state index is 12.0. The molecule has 0 spiro atoms. The Balaban J connectivity index is 1.26. The first-order valence-electron chi connectivity index (χ1n) is 22.7. The molecule has 0 bridgehead atoms. The Labute approximate surface area is 404 Å². The largest absolute Gasteiger partial charge is 0.494 e. The number of unbranched alkanes of at least 4 members (excludes halogenated alkanes) is 2. The van der Waals surface area contributed by atoms with Crippen molar-refractivity contribution < 1.29 is 62.9 Å². The van der Waals surface area contributed by atoms with Crippen molar-refractivity contribution in [1.82, 2.24) is 4.90 Å². The lowest BCUT2D eigenvalue weighted by Gasteiger charge is -2.31. The number of ether oxygens (including phenoxy) is 2. The molecule has 2 aromatic carbocycles. The fourth-order valence-electron chi connectivity index (χ4n) is 8.17. The van der Waals surface area contributed by atoms with Crippen molar-refractivity contribution in [2.75, 3.05) is 31.3 Å². The number of rotatable bonds is 24. The molecule has 0 aliphatic carbocycles. The van der Waals surface area contributed by atoms with Crippen molar-refractivity contribution in [3.05, 3.63) is 114 Å². The van der Waals surface area contributed by atoms with E-state index in [1.165, 1.54) is 6.92 Å². The monoisotopic (exact) mass is 1010 g/mol. The van der Waals surface area contributed by atoms with Crippen LogP contribution >= 0.6 is 0 Å². The molecule has 3 aromatic rings. The lowest BCUT2D eigenvalue weighted by atomic mass is 9.79. The van der Waals surface area contributed by atoms with E-state index in [4.69, 9.17) is 28.6 Å². The molecule has 1 aromatic heterocycles. The summed E-state index contributed by atoms with van der Waals surface area (Å²) < 4.78 is 110. The minimum atomic E-state index is -4.28. The number of allylic oxidation sites excluding steroid dienone is 6. The van der Waals surface area contributed by atoms with Gasteiger partial charge in [-0.15, -0.1) is 0 Å². The van der Waals surface area contributed by atoms with Crippen molar-refractivity contribution in [2.45, 2.75) is 96.8 Å². The van der Waals surface area contributed by atoms with E-state index in [0.29, 0.717) is 30.3 Å². The lowest BCUT2D eigenvalue weighted by molar-refractivity contribution is -0.684. The average molecular weight is 1010 g/mol. The third kappa shape index (κ3) is 14.1. The van der Waals surface area contributed by atoms with Gasteiger partial charge in [0.15, 0.2) is 5.71 Å². The topological polar surface area (TPSA) is 251 Å². The number of fused-ring (bicyclic) bond motifs is 2. The van der Waals surface area contributed by atoms with Crippen LogP contribution in [-0.2, 0) is 47.1 Å². The summed E-state index contributed by atoms with van der Waals surface area (Å²) in [5.41, 5.74) is 5.88. The summed E-state index contributed by atoms with van der Waals surface area (Å²) in [4.78, 5) is 23.4. The summed E-state index contributed by atoms with van der Waals surface area (Å²) in [6.45, 7) is 10.9. The van der Waals surface area contributed by atoms with Crippen molar-refractivity contribution in [2.24, 2.45) is 15.4 Å². The molecule has 4 N–H and O–H groups in total. The van der Waals surface area contributed by atoms with Crippen LogP contribution < -0.4 is 14.0 Å². The van der Waals surface area contributed by atoms with E-state index < -0.39 is 58.2 Å². The van der Waals surface area contributed by atoms with E-state index in [0.717, 1.165) is 63.5 Å². The highest BCUT2D eigenvalue weighted by molar-refractivity contribution is 7.86. The Morgan fingerprint density at radius 3 is 1.94 bits per heavy atom. The van der Waals surface area contributed by atoms with Crippen LogP contribution in [0.3, 0.4) is 0 Å². The standard InChI is InChI=1S/C49H60N4O13S3/c1-34(69(62,63)64)23-25-53-33-38(36-17-21-40(22-18-36)66-27-11-29-68(59,60)61)31-42-47(53)51-44(49(42,4)5)13-9-12-43-48(2,3)41-30-37(32-52(46(41)50-43)24-8-6-7-14-45(54)55)35-15-19-39(20-16-35)65-26-10-28-67(56,57)58/h9,12-13,15-22,30-34H,6-8,10-11,14,23-29H2,1-5H3,(H3-,54,55,56,57,58,59,60,61,62,63,64)/p+1. The summed E-state index contributed by atoms with van der Waals surface area (Å²) in [7, 11) is -12.4. The number of aliphatic imine (C=N–C) groups is 2. The molecule has 69 heavy (non-hydrogen) atoms. The first-order valence-corrected chi connectivity index (χ1v) is 27.4. The van der Waals surface area contributed by atoms with Crippen LogP contribution in [0.2, 0.25) is 0 Å². The molecule has 20 heteroatoms. The molecule has 0 fully saturated rings. The van der Waals surface area contributed by atoms with Crippen LogP contribution in [0.4, 0.5) is 5.82 Å². The highest BCUT2D eigenvalue weighted by Crippen LogP contribution is 2.47. The quantitative estimate of drug-likeness (QED) is 0.0380. The Morgan fingerprint density at radius 2 is 1.38 bits per heavy atom. The number of nitrogens with zero attached hydrogens (tertiary/aromatic N) is 4. The van der Waals surface area contributed by atoms with Crippen LogP contribution in [0, 0.1) is 5.41 Å². The number of carbonyl (C=O) groups is 1. The van der Waals surface area contributed by atoms with Gasteiger partial charge in [-0.3, -0.25) is 18.5 Å². The predicted octanol–water partition coefficient (Wildman–Crippen LogP) is 7.79. The van der Waals surface area contributed by atoms with Gasteiger partial charge in [0.05, 0.1) is 59.4 Å². The second kappa shape index (κ2) is 21.6. The van der Waals surface area contributed by atoms with Crippen molar-refractivity contribution >= 4 is 59.3 Å². The summed E-state index contributed by atoms with van der Waals surface area (Å²) in [5, 5.41) is 8.17. The van der Waals surface area contributed by atoms with Crippen molar-refractivity contribution in [3.8, 4) is 22.6 Å². The fraction of sp³-hybridized carbons (Fsp3) is 0.429. The van der Waals surface area contributed by atoms with Crippen LogP contribution in [-0.4, -0.2) is 103 Å². The van der Waals surface area contributed by atoms with Gasteiger partial charge in [0.25, 0.3) is 30.4 Å². The third-order valence-corrected chi connectivity index (χ3v) is 15.2. The molecule has 0 amide bonds. The first kappa shape index (κ1) is 52.9. The van der Waals surface area contributed by atoms with E-state index in [1.54, 1.807) is 12.1 Å².